The standard InChI is InChI=1S/C16H18F3N3O.ClH/c17-16(18,19)13-4-3-12(8-21-13)22-9-15(6-14(22)23)5-11-2-1-10(15)7-20-11;/h3-4,8,10-11,20H,1-2,5-7,9H2;1H. The summed E-state index contributed by atoms with van der Waals surface area (Å²) in [5.74, 6) is 0.475. The molecule has 4 aliphatic rings. The topological polar surface area (TPSA) is 45.2 Å². The Labute approximate surface area is 144 Å². The molecule has 3 saturated heterocycles. The van der Waals surface area contributed by atoms with Crippen LogP contribution in [-0.4, -0.2) is 30.0 Å². The van der Waals surface area contributed by atoms with Crippen molar-refractivity contribution >= 4 is 24.0 Å². The molecule has 1 aromatic heterocycles. The summed E-state index contributed by atoms with van der Waals surface area (Å²) >= 11 is 0. The number of halogens is 4. The van der Waals surface area contributed by atoms with E-state index in [0.29, 0.717) is 30.6 Å². The quantitative estimate of drug-likeness (QED) is 0.836. The zero-order valence-electron chi connectivity index (χ0n) is 13.0. The van der Waals surface area contributed by atoms with E-state index in [-0.39, 0.29) is 23.7 Å². The second-order valence-electron chi connectivity index (χ2n) is 7.00. The van der Waals surface area contributed by atoms with E-state index in [1.165, 1.54) is 12.3 Å². The van der Waals surface area contributed by atoms with Gasteiger partial charge in [0.25, 0.3) is 0 Å². The third kappa shape index (κ3) is 2.77. The summed E-state index contributed by atoms with van der Waals surface area (Å²) < 4.78 is 37.8. The van der Waals surface area contributed by atoms with Crippen molar-refractivity contribution in [2.45, 2.75) is 37.9 Å². The average Bonchev–Trinajstić information content (AvgIpc) is 2.84. The summed E-state index contributed by atoms with van der Waals surface area (Å²) in [4.78, 5) is 17.6. The van der Waals surface area contributed by atoms with Crippen molar-refractivity contribution in [3.8, 4) is 0 Å². The van der Waals surface area contributed by atoms with Gasteiger partial charge in [-0.3, -0.25) is 4.79 Å². The zero-order chi connectivity index (χ0) is 16.2. The lowest BCUT2D eigenvalue weighted by Crippen LogP contribution is -2.55. The predicted octanol–water partition coefficient (Wildman–Crippen LogP) is 3.02. The third-order valence-electron chi connectivity index (χ3n) is 5.66. The number of carbonyl (C=O) groups is 1. The molecule has 1 aliphatic carbocycles. The summed E-state index contributed by atoms with van der Waals surface area (Å²) in [6, 6.07) is 2.77. The molecule has 2 bridgehead atoms. The van der Waals surface area contributed by atoms with E-state index in [2.05, 4.69) is 10.3 Å². The average molecular weight is 362 g/mol. The molecular weight excluding hydrogens is 343 g/mol. The Morgan fingerprint density at radius 3 is 2.58 bits per heavy atom. The Morgan fingerprint density at radius 2 is 2.08 bits per heavy atom. The Morgan fingerprint density at radius 1 is 1.29 bits per heavy atom. The molecule has 132 valence electrons. The number of hydrogen-bond donors (Lipinski definition) is 1. The maximum atomic E-state index is 12.6. The normalized spacial score (nSPS) is 32.3. The van der Waals surface area contributed by atoms with E-state index < -0.39 is 11.9 Å². The molecule has 8 heteroatoms. The van der Waals surface area contributed by atoms with Crippen LogP contribution in [0.3, 0.4) is 0 Å². The monoisotopic (exact) mass is 361 g/mol. The fraction of sp³-hybridized carbons (Fsp3) is 0.625. The van der Waals surface area contributed by atoms with Crippen LogP contribution in [-0.2, 0) is 11.0 Å². The molecule has 1 N–H and O–H groups in total. The number of amides is 1. The molecule has 24 heavy (non-hydrogen) atoms. The number of piperidine rings is 2. The molecule has 4 fully saturated rings. The first-order valence-electron chi connectivity index (χ1n) is 7.94. The minimum atomic E-state index is -4.46. The van der Waals surface area contributed by atoms with Gasteiger partial charge in [-0.25, -0.2) is 4.98 Å². The van der Waals surface area contributed by atoms with Gasteiger partial charge in [-0.1, -0.05) is 0 Å². The molecule has 1 saturated carbocycles. The number of hydrogen-bond acceptors (Lipinski definition) is 3. The smallest absolute Gasteiger partial charge is 0.314 e. The SMILES string of the molecule is Cl.O=C1CC2(CC3CCC2CN3)CN1c1ccc(C(F)(F)F)nc1. The Balaban J connectivity index is 0.00000169. The second kappa shape index (κ2) is 5.88. The number of nitrogens with zero attached hydrogens (tertiary/aromatic N) is 2. The zero-order valence-corrected chi connectivity index (χ0v) is 13.8. The van der Waals surface area contributed by atoms with Gasteiger partial charge >= 0.3 is 6.18 Å². The van der Waals surface area contributed by atoms with Gasteiger partial charge in [0.15, 0.2) is 0 Å². The highest BCUT2D eigenvalue weighted by Gasteiger charge is 2.53. The highest BCUT2D eigenvalue weighted by Crippen LogP contribution is 2.51. The van der Waals surface area contributed by atoms with E-state index >= 15 is 0 Å². The first-order chi connectivity index (χ1) is 10.9. The molecule has 0 radical (unpaired) electrons. The van der Waals surface area contributed by atoms with Crippen LogP contribution in [0.2, 0.25) is 0 Å². The van der Waals surface area contributed by atoms with Gasteiger partial charge in [0.1, 0.15) is 5.69 Å². The molecule has 3 unspecified atom stereocenters. The summed E-state index contributed by atoms with van der Waals surface area (Å²) in [6.45, 7) is 1.54. The minimum absolute atomic E-state index is 0. The van der Waals surface area contributed by atoms with Crippen LogP contribution in [0.4, 0.5) is 18.9 Å². The maximum absolute atomic E-state index is 12.6. The number of carbonyl (C=O) groups excluding carboxylic acids is 1. The Bertz CT molecular complexity index is 628. The van der Waals surface area contributed by atoms with Gasteiger partial charge < -0.3 is 10.2 Å². The van der Waals surface area contributed by atoms with Gasteiger partial charge in [-0.15, -0.1) is 12.4 Å². The molecule has 3 atom stereocenters. The number of aromatic nitrogens is 1. The Kier molecular flexibility index (Phi) is 4.28. The summed E-state index contributed by atoms with van der Waals surface area (Å²) in [5.41, 5.74) is -0.480. The molecular formula is C16H19ClF3N3O. The van der Waals surface area contributed by atoms with E-state index in [1.807, 2.05) is 0 Å². The molecule has 4 heterocycles. The molecule has 5 rings (SSSR count). The molecule has 0 aromatic carbocycles. The van der Waals surface area contributed by atoms with Gasteiger partial charge in [-0.2, -0.15) is 13.2 Å². The lowest BCUT2D eigenvalue weighted by atomic mass is 9.61. The lowest BCUT2D eigenvalue weighted by molar-refractivity contribution is -0.141. The van der Waals surface area contributed by atoms with Crippen LogP contribution >= 0.6 is 12.4 Å². The minimum Gasteiger partial charge on any atom is -0.314 e. The number of fused-ring (bicyclic) bond motifs is 2. The summed E-state index contributed by atoms with van der Waals surface area (Å²) in [5, 5.41) is 3.50. The second-order valence-corrected chi connectivity index (χ2v) is 7.00. The van der Waals surface area contributed by atoms with Crippen molar-refractivity contribution < 1.29 is 18.0 Å². The van der Waals surface area contributed by atoms with Gasteiger partial charge in [0.2, 0.25) is 5.91 Å². The van der Waals surface area contributed by atoms with Gasteiger partial charge in [-0.05, 0) is 43.9 Å². The van der Waals surface area contributed by atoms with Gasteiger partial charge in [0.05, 0.1) is 11.9 Å². The largest absolute Gasteiger partial charge is 0.433 e. The van der Waals surface area contributed by atoms with E-state index in [9.17, 15) is 18.0 Å². The summed E-state index contributed by atoms with van der Waals surface area (Å²) in [7, 11) is 0. The van der Waals surface area contributed by atoms with Crippen molar-refractivity contribution in [3.05, 3.63) is 24.0 Å². The van der Waals surface area contributed by atoms with Crippen LogP contribution < -0.4 is 10.2 Å². The number of nitrogens with one attached hydrogen (secondary N) is 1. The van der Waals surface area contributed by atoms with Gasteiger partial charge in [0, 0.05) is 24.4 Å². The van der Waals surface area contributed by atoms with Crippen LogP contribution in [0, 0.1) is 11.3 Å². The molecule has 1 amide bonds. The van der Waals surface area contributed by atoms with E-state index in [0.717, 1.165) is 31.9 Å². The number of rotatable bonds is 1. The van der Waals surface area contributed by atoms with Crippen LogP contribution in [0.5, 0.6) is 0 Å². The molecule has 3 aliphatic heterocycles. The Hall–Kier alpha value is -1.34. The highest BCUT2D eigenvalue weighted by atomic mass is 35.5. The van der Waals surface area contributed by atoms with Crippen molar-refractivity contribution in [3.63, 3.8) is 0 Å². The summed E-state index contributed by atoms with van der Waals surface area (Å²) in [6.07, 6.45) is 0.472. The van der Waals surface area contributed by atoms with Crippen molar-refractivity contribution in [2.24, 2.45) is 11.3 Å². The first kappa shape index (κ1) is 17.5. The number of pyridine rings is 1. The number of anilines is 1. The predicted molar refractivity (Wildman–Crippen MR) is 85.0 cm³/mol. The van der Waals surface area contributed by atoms with Crippen molar-refractivity contribution in [1.29, 1.82) is 0 Å². The number of alkyl halides is 3. The fourth-order valence-corrected chi connectivity index (χ4v) is 4.48. The highest BCUT2D eigenvalue weighted by molar-refractivity contribution is 5.96. The lowest BCUT2D eigenvalue weighted by Gasteiger charge is -2.50. The fourth-order valence-electron chi connectivity index (χ4n) is 4.48. The molecule has 1 spiro atoms. The molecule has 4 nitrogen and oxygen atoms in total. The third-order valence-corrected chi connectivity index (χ3v) is 5.66. The first-order valence-corrected chi connectivity index (χ1v) is 7.94. The van der Waals surface area contributed by atoms with Crippen molar-refractivity contribution in [1.82, 2.24) is 10.3 Å². The van der Waals surface area contributed by atoms with Crippen LogP contribution in [0.25, 0.3) is 0 Å². The van der Waals surface area contributed by atoms with E-state index in [4.69, 9.17) is 0 Å². The van der Waals surface area contributed by atoms with Crippen molar-refractivity contribution in [2.75, 3.05) is 18.0 Å². The van der Waals surface area contributed by atoms with E-state index in [1.54, 1.807) is 4.90 Å². The molecule has 1 aromatic rings. The van der Waals surface area contributed by atoms with Crippen LogP contribution in [0.1, 0.15) is 31.4 Å². The van der Waals surface area contributed by atoms with Crippen LogP contribution in [0.15, 0.2) is 18.3 Å². The maximum Gasteiger partial charge on any atom is 0.433 e.